The smallest absolute Gasteiger partial charge is 0.309 e. The van der Waals surface area contributed by atoms with Crippen molar-refractivity contribution in [1.82, 2.24) is 0 Å². The maximum atomic E-state index is 11.9. The van der Waals surface area contributed by atoms with Crippen molar-refractivity contribution in [3.05, 3.63) is 18.2 Å². The number of fused-ring (bicyclic) bond motifs is 1. The van der Waals surface area contributed by atoms with Crippen LogP contribution in [-0.2, 0) is 14.4 Å². The SMILES string of the molecule is CC1Oc2ccc(NC(=O)CC(C)(C)C(=O)O)cc2NC1=O. The average molecular weight is 306 g/mol. The zero-order valence-electron chi connectivity index (χ0n) is 12.6. The number of aliphatic carboxylic acids is 1. The van der Waals surface area contributed by atoms with Gasteiger partial charge in [-0.05, 0) is 39.0 Å². The van der Waals surface area contributed by atoms with Gasteiger partial charge in [-0.15, -0.1) is 0 Å². The largest absolute Gasteiger partial charge is 0.481 e. The highest BCUT2D eigenvalue weighted by molar-refractivity contribution is 5.99. The third-order valence-electron chi connectivity index (χ3n) is 3.38. The van der Waals surface area contributed by atoms with Gasteiger partial charge in [0.2, 0.25) is 5.91 Å². The lowest BCUT2D eigenvalue weighted by atomic mass is 9.89. The topological polar surface area (TPSA) is 105 Å². The van der Waals surface area contributed by atoms with Gasteiger partial charge in [0, 0.05) is 12.1 Å². The number of ether oxygens (including phenoxy) is 1. The van der Waals surface area contributed by atoms with Crippen LogP contribution in [0.5, 0.6) is 5.75 Å². The van der Waals surface area contributed by atoms with Gasteiger partial charge in [-0.25, -0.2) is 0 Å². The number of nitrogens with one attached hydrogen (secondary N) is 2. The van der Waals surface area contributed by atoms with Gasteiger partial charge in [0.15, 0.2) is 6.10 Å². The van der Waals surface area contributed by atoms with Crippen LogP contribution in [0.2, 0.25) is 0 Å². The Labute approximate surface area is 127 Å². The number of carbonyl (C=O) groups excluding carboxylic acids is 2. The summed E-state index contributed by atoms with van der Waals surface area (Å²) < 4.78 is 5.41. The maximum absolute atomic E-state index is 11.9. The van der Waals surface area contributed by atoms with Crippen LogP contribution in [0.3, 0.4) is 0 Å². The van der Waals surface area contributed by atoms with Crippen LogP contribution < -0.4 is 15.4 Å². The van der Waals surface area contributed by atoms with Crippen LogP contribution in [0.1, 0.15) is 27.2 Å². The zero-order chi connectivity index (χ0) is 16.5. The molecule has 0 aromatic heterocycles. The van der Waals surface area contributed by atoms with Crippen molar-refractivity contribution >= 4 is 29.2 Å². The fourth-order valence-corrected chi connectivity index (χ4v) is 1.97. The molecule has 2 amide bonds. The van der Waals surface area contributed by atoms with E-state index < -0.39 is 23.4 Å². The second-order valence-corrected chi connectivity index (χ2v) is 5.87. The van der Waals surface area contributed by atoms with Gasteiger partial charge < -0.3 is 20.5 Å². The highest BCUT2D eigenvalue weighted by atomic mass is 16.5. The number of amides is 2. The van der Waals surface area contributed by atoms with Crippen molar-refractivity contribution < 1.29 is 24.2 Å². The minimum atomic E-state index is -1.15. The molecule has 2 rings (SSSR count). The Morgan fingerprint density at radius 2 is 2.09 bits per heavy atom. The summed E-state index contributed by atoms with van der Waals surface area (Å²) in [5.41, 5.74) is -0.216. The first-order chi connectivity index (χ1) is 10.2. The summed E-state index contributed by atoms with van der Waals surface area (Å²) in [7, 11) is 0. The predicted octanol–water partition coefficient (Wildman–Crippen LogP) is 1.85. The molecule has 0 fully saturated rings. The molecular weight excluding hydrogens is 288 g/mol. The molecule has 7 nitrogen and oxygen atoms in total. The van der Waals surface area contributed by atoms with Crippen molar-refractivity contribution in [3.63, 3.8) is 0 Å². The molecule has 1 atom stereocenters. The number of anilines is 2. The van der Waals surface area contributed by atoms with Gasteiger partial charge in [-0.3, -0.25) is 14.4 Å². The molecule has 1 aromatic carbocycles. The Morgan fingerprint density at radius 1 is 1.41 bits per heavy atom. The van der Waals surface area contributed by atoms with E-state index in [1.165, 1.54) is 13.8 Å². The van der Waals surface area contributed by atoms with Crippen LogP contribution in [0.4, 0.5) is 11.4 Å². The third-order valence-corrected chi connectivity index (χ3v) is 3.38. The highest BCUT2D eigenvalue weighted by Gasteiger charge is 2.30. The normalized spacial score (nSPS) is 17.0. The molecule has 0 spiro atoms. The number of hydrogen-bond donors (Lipinski definition) is 3. The summed E-state index contributed by atoms with van der Waals surface area (Å²) in [5.74, 6) is -1.19. The van der Waals surface area contributed by atoms with Crippen LogP contribution in [0, 0.1) is 5.41 Å². The Bertz CT molecular complexity index is 639. The van der Waals surface area contributed by atoms with Gasteiger partial charge in [-0.2, -0.15) is 0 Å². The Morgan fingerprint density at radius 3 is 2.73 bits per heavy atom. The molecule has 0 radical (unpaired) electrons. The number of carbonyl (C=O) groups is 3. The fourth-order valence-electron chi connectivity index (χ4n) is 1.97. The standard InChI is InChI=1S/C15H18N2O5/c1-8-13(19)17-10-6-9(4-5-11(10)22-8)16-12(18)7-15(2,3)14(20)21/h4-6,8H,7H2,1-3H3,(H,16,18)(H,17,19)(H,20,21). The second-order valence-electron chi connectivity index (χ2n) is 5.87. The van der Waals surface area contributed by atoms with Crippen molar-refractivity contribution in [3.8, 4) is 5.75 Å². The van der Waals surface area contributed by atoms with Crippen LogP contribution in [-0.4, -0.2) is 29.0 Å². The van der Waals surface area contributed by atoms with Crippen LogP contribution in [0.25, 0.3) is 0 Å². The molecule has 0 saturated heterocycles. The molecule has 1 aliphatic rings. The van der Waals surface area contributed by atoms with E-state index in [0.717, 1.165) is 0 Å². The number of rotatable bonds is 4. The molecular formula is C15H18N2O5. The molecule has 0 saturated carbocycles. The summed E-state index contributed by atoms with van der Waals surface area (Å²) in [4.78, 5) is 34.5. The van der Waals surface area contributed by atoms with E-state index in [9.17, 15) is 14.4 Å². The molecule has 7 heteroatoms. The van der Waals surface area contributed by atoms with Gasteiger partial charge in [0.25, 0.3) is 5.91 Å². The van der Waals surface area contributed by atoms with E-state index in [1.807, 2.05) is 0 Å². The lowest BCUT2D eigenvalue weighted by Gasteiger charge is -2.24. The first-order valence-corrected chi connectivity index (χ1v) is 6.84. The van der Waals surface area contributed by atoms with E-state index in [-0.39, 0.29) is 12.3 Å². The van der Waals surface area contributed by atoms with E-state index >= 15 is 0 Å². The summed E-state index contributed by atoms with van der Waals surface area (Å²) in [6, 6.07) is 4.85. The molecule has 1 aromatic rings. The molecule has 1 aliphatic heterocycles. The molecule has 22 heavy (non-hydrogen) atoms. The molecule has 3 N–H and O–H groups in total. The zero-order valence-corrected chi connectivity index (χ0v) is 12.6. The number of hydrogen-bond acceptors (Lipinski definition) is 4. The summed E-state index contributed by atoms with van der Waals surface area (Å²) >= 11 is 0. The predicted molar refractivity (Wildman–Crippen MR) is 79.8 cm³/mol. The van der Waals surface area contributed by atoms with Gasteiger partial charge in [0.1, 0.15) is 5.75 Å². The Hall–Kier alpha value is -2.57. The van der Waals surface area contributed by atoms with Crippen molar-refractivity contribution in [2.24, 2.45) is 5.41 Å². The minimum Gasteiger partial charge on any atom is -0.481 e. The van der Waals surface area contributed by atoms with E-state index in [0.29, 0.717) is 17.1 Å². The summed E-state index contributed by atoms with van der Waals surface area (Å²) in [6.07, 6.45) is -0.719. The molecule has 1 unspecified atom stereocenters. The second kappa shape index (κ2) is 5.67. The van der Waals surface area contributed by atoms with Gasteiger partial charge in [-0.1, -0.05) is 0 Å². The Kier molecular flexibility index (Phi) is 4.07. The van der Waals surface area contributed by atoms with Crippen molar-refractivity contribution in [2.75, 3.05) is 10.6 Å². The van der Waals surface area contributed by atoms with Gasteiger partial charge >= 0.3 is 5.97 Å². The van der Waals surface area contributed by atoms with E-state index in [1.54, 1.807) is 25.1 Å². The summed E-state index contributed by atoms with van der Waals surface area (Å²) in [5, 5.41) is 14.3. The van der Waals surface area contributed by atoms with Crippen LogP contribution >= 0.6 is 0 Å². The Balaban J connectivity index is 2.09. The number of carboxylic acids is 1. The van der Waals surface area contributed by atoms with E-state index in [4.69, 9.17) is 9.84 Å². The monoisotopic (exact) mass is 306 g/mol. The van der Waals surface area contributed by atoms with Crippen LogP contribution in [0.15, 0.2) is 18.2 Å². The van der Waals surface area contributed by atoms with Crippen molar-refractivity contribution in [2.45, 2.75) is 33.3 Å². The molecule has 0 aliphatic carbocycles. The average Bonchev–Trinajstić information content (AvgIpc) is 2.39. The summed E-state index contributed by atoms with van der Waals surface area (Å²) in [6.45, 7) is 4.61. The number of carboxylic acid groups (broad SMARTS) is 1. The number of benzene rings is 1. The fraction of sp³-hybridized carbons (Fsp3) is 0.400. The first-order valence-electron chi connectivity index (χ1n) is 6.84. The molecule has 118 valence electrons. The molecule has 0 bridgehead atoms. The third kappa shape index (κ3) is 3.36. The lowest BCUT2D eigenvalue weighted by Crippen LogP contribution is -2.34. The quantitative estimate of drug-likeness (QED) is 0.787. The van der Waals surface area contributed by atoms with Gasteiger partial charge in [0.05, 0.1) is 11.1 Å². The highest BCUT2D eigenvalue weighted by Crippen LogP contribution is 2.32. The first kappa shape index (κ1) is 15.8. The van der Waals surface area contributed by atoms with E-state index in [2.05, 4.69) is 10.6 Å². The maximum Gasteiger partial charge on any atom is 0.309 e. The minimum absolute atomic E-state index is 0.153. The molecule has 1 heterocycles. The van der Waals surface area contributed by atoms with Crippen molar-refractivity contribution in [1.29, 1.82) is 0 Å². The lowest BCUT2D eigenvalue weighted by molar-refractivity contribution is -0.149.